The first-order chi connectivity index (χ1) is 11.9. The van der Waals surface area contributed by atoms with Crippen LogP contribution in [0.5, 0.6) is 5.75 Å². The summed E-state index contributed by atoms with van der Waals surface area (Å²) in [5.41, 5.74) is 1.15. The third-order valence-electron chi connectivity index (χ3n) is 5.78. The molecule has 1 aromatic rings. The zero-order chi connectivity index (χ0) is 18.0. The molecule has 0 aliphatic carbocycles. The van der Waals surface area contributed by atoms with Crippen molar-refractivity contribution in [3.63, 3.8) is 0 Å². The summed E-state index contributed by atoms with van der Waals surface area (Å²) in [6.45, 7) is 12.3. The third kappa shape index (κ3) is 4.27. The number of anilines is 1. The van der Waals surface area contributed by atoms with E-state index in [0.29, 0.717) is 23.5 Å². The molecule has 2 N–H and O–H groups in total. The van der Waals surface area contributed by atoms with Crippen LogP contribution < -0.4 is 9.80 Å². The first-order valence-electron chi connectivity index (χ1n) is 9.61. The summed E-state index contributed by atoms with van der Waals surface area (Å²) < 4.78 is 0. The van der Waals surface area contributed by atoms with Crippen molar-refractivity contribution in [2.75, 3.05) is 44.2 Å². The largest absolute Gasteiger partial charge is 0.508 e. The molecule has 25 heavy (non-hydrogen) atoms. The van der Waals surface area contributed by atoms with Crippen molar-refractivity contribution in [3.8, 4) is 5.75 Å². The maximum atomic E-state index is 12.9. The van der Waals surface area contributed by atoms with E-state index in [1.54, 1.807) is 12.1 Å². The number of benzene rings is 1. The van der Waals surface area contributed by atoms with E-state index in [0.717, 1.165) is 45.0 Å². The molecule has 0 radical (unpaired) electrons. The van der Waals surface area contributed by atoms with Crippen LogP contribution in [0.25, 0.3) is 0 Å². The van der Waals surface area contributed by atoms with Crippen molar-refractivity contribution in [2.45, 2.75) is 33.2 Å². The molecule has 0 bridgehead atoms. The number of aromatic hydroxyl groups is 1. The number of nitrogens with zero attached hydrogens (tertiary/aromatic N) is 2. The second-order valence-corrected chi connectivity index (χ2v) is 8.07. The van der Waals surface area contributed by atoms with Crippen LogP contribution >= 0.6 is 0 Å². The number of quaternary nitrogens is 1. The molecule has 0 unspecified atom stereocenters. The van der Waals surface area contributed by atoms with Gasteiger partial charge in [0, 0.05) is 18.8 Å². The van der Waals surface area contributed by atoms with Crippen molar-refractivity contribution < 1.29 is 14.8 Å². The summed E-state index contributed by atoms with van der Waals surface area (Å²) in [6.07, 6.45) is 1.23. The topological polar surface area (TPSA) is 48.2 Å². The fraction of sp³-hybridized carbons (Fsp3) is 0.650. The van der Waals surface area contributed by atoms with E-state index in [-0.39, 0.29) is 6.04 Å². The molecule has 1 aromatic carbocycles. The van der Waals surface area contributed by atoms with Crippen LogP contribution in [-0.2, 0) is 4.79 Å². The number of nitrogens with one attached hydrogen (secondary N) is 1. The SMILES string of the molecule is C[C@@H]1C[C@@H](C)CN(C(=O)[C@@H](C)[NH+]2CCN(c3ccc(O)cc3)CC2)C1. The number of phenolic OH excluding ortho intramolecular Hbond substituents is 1. The van der Waals surface area contributed by atoms with E-state index in [9.17, 15) is 9.90 Å². The number of hydrogen-bond acceptors (Lipinski definition) is 3. The molecule has 5 nitrogen and oxygen atoms in total. The van der Waals surface area contributed by atoms with Crippen LogP contribution in [0.15, 0.2) is 24.3 Å². The number of amides is 1. The molecule has 1 amide bonds. The number of likely N-dealkylation sites (tertiary alicyclic amines) is 1. The van der Waals surface area contributed by atoms with E-state index in [4.69, 9.17) is 0 Å². The van der Waals surface area contributed by atoms with Crippen molar-refractivity contribution in [3.05, 3.63) is 24.3 Å². The van der Waals surface area contributed by atoms with Crippen molar-refractivity contribution in [1.82, 2.24) is 4.90 Å². The standard InChI is InChI=1S/C20H31N3O2/c1-15-12-16(2)14-23(13-15)20(25)17(3)21-8-10-22(11-9-21)18-4-6-19(24)7-5-18/h4-7,15-17,24H,8-14H2,1-3H3/p+1/t15-,16-,17-/m1/s1. The number of piperazine rings is 1. The second kappa shape index (κ2) is 7.65. The van der Waals surface area contributed by atoms with Gasteiger partial charge in [-0.2, -0.15) is 0 Å². The van der Waals surface area contributed by atoms with Crippen LogP contribution in [0.4, 0.5) is 5.69 Å². The van der Waals surface area contributed by atoms with Gasteiger partial charge in [0.2, 0.25) is 0 Å². The summed E-state index contributed by atoms with van der Waals surface area (Å²) >= 11 is 0. The first-order valence-corrected chi connectivity index (χ1v) is 9.61. The molecule has 2 aliphatic rings. The Morgan fingerprint density at radius 2 is 1.68 bits per heavy atom. The Balaban J connectivity index is 1.55. The first kappa shape index (κ1) is 18.1. The zero-order valence-electron chi connectivity index (χ0n) is 15.7. The average Bonchev–Trinajstić information content (AvgIpc) is 2.60. The molecule has 2 heterocycles. The van der Waals surface area contributed by atoms with Gasteiger partial charge in [0.15, 0.2) is 6.04 Å². The third-order valence-corrected chi connectivity index (χ3v) is 5.78. The smallest absolute Gasteiger partial charge is 0.280 e. The summed E-state index contributed by atoms with van der Waals surface area (Å²) in [4.78, 5) is 18.8. The Morgan fingerprint density at radius 3 is 2.24 bits per heavy atom. The number of hydrogen-bond donors (Lipinski definition) is 2. The highest BCUT2D eigenvalue weighted by Gasteiger charge is 2.34. The molecule has 5 heteroatoms. The highest BCUT2D eigenvalue weighted by Crippen LogP contribution is 2.21. The number of phenols is 1. The van der Waals surface area contributed by atoms with Gasteiger partial charge in [-0.3, -0.25) is 4.79 Å². The summed E-state index contributed by atoms with van der Waals surface area (Å²) in [5.74, 6) is 1.85. The predicted octanol–water partition coefficient (Wildman–Crippen LogP) is 0.990. The molecule has 2 fully saturated rings. The molecule has 0 aromatic heterocycles. The highest BCUT2D eigenvalue weighted by atomic mass is 16.3. The van der Waals surface area contributed by atoms with E-state index >= 15 is 0 Å². The number of piperidine rings is 1. The second-order valence-electron chi connectivity index (χ2n) is 8.07. The molecular formula is C20H32N3O2+. The van der Waals surface area contributed by atoms with Gasteiger partial charge < -0.3 is 19.8 Å². The molecule has 3 atom stereocenters. The fourth-order valence-corrected chi connectivity index (χ4v) is 4.44. The lowest BCUT2D eigenvalue weighted by Crippen LogP contribution is -3.19. The van der Waals surface area contributed by atoms with Gasteiger partial charge in [0.1, 0.15) is 5.75 Å². The predicted molar refractivity (Wildman–Crippen MR) is 100 cm³/mol. The zero-order valence-corrected chi connectivity index (χ0v) is 15.7. The van der Waals surface area contributed by atoms with Crippen LogP contribution in [0, 0.1) is 11.8 Å². The number of carbonyl (C=O) groups is 1. The van der Waals surface area contributed by atoms with Gasteiger partial charge in [0.05, 0.1) is 26.2 Å². The quantitative estimate of drug-likeness (QED) is 0.858. The molecule has 0 saturated carbocycles. The summed E-state index contributed by atoms with van der Waals surface area (Å²) in [7, 11) is 0. The maximum Gasteiger partial charge on any atom is 0.280 e. The van der Waals surface area contributed by atoms with Crippen molar-refractivity contribution >= 4 is 11.6 Å². The molecule has 138 valence electrons. The highest BCUT2D eigenvalue weighted by molar-refractivity contribution is 5.80. The van der Waals surface area contributed by atoms with Crippen LogP contribution in [0.3, 0.4) is 0 Å². The van der Waals surface area contributed by atoms with Crippen LogP contribution in [0.1, 0.15) is 27.2 Å². The Labute approximate surface area is 151 Å². The molecule has 2 saturated heterocycles. The minimum Gasteiger partial charge on any atom is -0.508 e. The van der Waals surface area contributed by atoms with E-state index < -0.39 is 0 Å². The minimum absolute atomic E-state index is 0.0412. The van der Waals surface area contributed by atoms with E-state index in [1.807, 2.05) is 12.1 Å². The normalized spacial score (nSPS) is 26.5. The van der Waals surface area contributed by atoms with E-state index in [2.05, 4.69) is 30.6 Å². The molecular weight excluding hydrogens is 314 g/mol. The van der Waals surface area contributed by atoms with Gasteiger partial charge in [-0.15, -0.1) is 0 Å². The Bertz CT molecular complexity index is 571. The van der Waals surface area contributed by atoms with Crippen molar-refractivity contribution in [1.29, 1.82) is 0 Å². The van der Waals surface area contributed by atoms with Crippen LogP contribution in [-0.4, -0.2) is 61.2 Å². The lowest BCUT2D eigenvalue weighted by atomic mass is 9.91. The Morgan fingerprint density at radius 1 is 1.12 bits per heavy atom. The fourth-order valence-electron chi connectivity index (χ4n) is 4.44. The summed E-state index contributed by atoms with van der Waals surface area (Å²) in [6, 6.07) is 7.44. The van der Waals surface area contributed by atoms with Gasteiger partial charge in [-0.05, 0) is 49.4 Å². The minimum atomic E-state index is 0.0412. The monoisotopic (exact) mass is 346 g/mol. The van der Waals surface area contributed by atoms with Gasteiger partial charge in [-0.25, -0.2) is 0 Å². The average molecular weight is 346 g/mol. The Hall–Kier alpha value is -1.75. The molecule has 0 spiro atoms. The maximum absolute atomic E-state index is 12.9. The lowest BCUT2D eigenvalue weighted by molar-refractivity contribution is -0.915. The Kier molecular flexibility index (Phi) is 5.52. The molecule has 3 rings (SSSR count). The van der Waals surface area contributed by atoms with Crippen LogP contribution in [0.2, 0.25) is 0 Å². The van der Waals surface area contributed by atoms with E-state index in [1.165, 1.54) is 11.3 Å². The van der Waals surface area contributed by atoms with Gasteiger partial charge in [0.25, 0.3) is 5.91 Å². The van der Waals surface area contributed by atoms with Crippen molar-refractivity contribution in [2.24, 2.45) is 11.8 Å². The molecule has 2 aliphatic heterocycles. The van der Waals surface area contributed by atoms with Gasteiger partial charge in [-0.1, -0.05) is 13.8 Å². The lowest BCUT2D eigenvalue weighted by Gasteiger charge is -2.40. The van der Waals surface area contributed by atoms with Gasteiger partial charge >= 0.3 is 0 Å². The number of carbonyl (C=O) groups excluding carboxylic acids is 1. The summed E-state index contributed by atoms with van der Waals surface area (Å²) in [5, 5.41) is 9.43. The number of rotatable bonds is 3.